The minimum absolute atomic E-state index is 0.164. The van der Waals surface area contributed by atoms with E-state index in [9.17, 15) is 5.11 Å². The summed E-state index contributed by atoms with van der Waals surface area (Å²) < 4.78 is 11.4. The largest absolute Gasteiger partial charge is 0.393 e. The van der Waals surface area contributed by atoms with Gasteiger partial charge in [-0.25, -0.2) is 0 Å². The van der Waals surface area contributed by atoms with Crippen molar-refractivity contribution in [2.24, 2.45) is 34.0 Å². The first-order chi connectivity index (χ1) is 16.3. The Labute approximate surface area is 217 Å². The first-order valence-electron chi connectivity index (χ1n) is 14.8. The summed E-state index contributed by atoms with van der Waals surface area (Å²) in [7, 11) is 3.66. The van der Waals surface area contributed by atoms with Crippen LogP contribution < -0.4 is 0 Å². The molecule has 0 bridgehead atoms. The number of fused-ring (bicyclic) bond motifs is 2. The van der Waals surface area contributed by atoms with Gasteiger partial charge in [-0.15, -0.1) is 0 Å². The zero-order chi connectivity index (χ0) is 26.2. The average molecular weight is 491 g/mol. The molecular formula is C32H58O3. The highest BCUT2D eigenvalue weighted by molar-refractivity contribution is 5.37. The number of ether oxygens (including phenoxy) is 2. The van der Waals surface area contributed by atoms with E-state index in [4.69, 9.17) is 9.47 Å². The molecule has 0 heterocycles. The van der Waals surface area contributed by atoms with Crippen molar-refractivity contribution in [2.75, 3.05) is 14.2 Å². The average Bonchev–Trinajstić information content (AvgIpc) is 3.11. The Kier molecular flexibility index (Phi) is 8.98. The standard InChI is InChI=1S/C32H58O3/c1-11-24(34-9)14-19-30(6)22(2)12-13-27-26(30)16-21-31(7)25(15-20-32(27,31)8)23(3)28(33)17-18-29(4,5)35-10/h22-25,28,33H,11-21H2,1-10H3/t22?,23-,24+,25?,28?,30-,31+,32-/m0/s1. The Morgan fingerprint density at radius 2 is 1.71 bits per heavy atom. The molecule has 0 saturated heterocycles. The van der Waals surface area contributed by atoms with E-state index in [0.717, 1.165) is 25.2 Å². The van der Waals surface area contributed by atoms with E-state index in [0.29, 0.717) is 23.4 Å². The lowest BCUT2D eigenvalue weighted by Crippen LogP contribution is -2.48. The topological polar surface area (TPSA) is 38.7 Å². The van der Waals surface area contributed by atoms with Crippen LogP contribution in [-0.2, 0) is 9.47 Å². The third-order valence-corrected chi connectivity index (χ3v) is 12.2. The molecule has 0 radical (unpaired) electrons. The number of aliphatic hydroxyl groups excluding tert-OH is 1. The third kappa shape index (κ3) is 5.17. The van der Waals surface area contributed by atoms with Crippen LogP contribution in [0.25, 0.3) is 0 Å². The molecule has 3 aliphatic carbocycles. The molecule has 3 aliphatic rings. The SMILES string of the molecule is CC[C@H](CC[C@]1(C)C2=C(CCC1C)[C@]1(C)CCC([C@H](C)C(O)CCC(C)(C)OC)[C@@]1(C)CC2)OC. The third-order valence-electron chi connectivity index (χ3n) is 12.2. The Morgan fingerprint density at radius 1 is 1.03 bits per heavy atom. The Bertz CT molecular complexity index is 752. The van der Waals surface area contributed by atoms with Crippen molar-refractivity contribution in [1.29, 1.82) is 0 Å². The zero-order valence-electron chi connectivity index (χ0n) is 24.9. The van der Waals surface area contributed by atoms with E-state index >= 15 is 0 Å². The summed E-state index contributed by atoms with van der Waals surface area (Å²) in [6, 6.07) is 0. The molecule has 0 aromatic rings. The minimum atomic E-state index is -0.249. The maximum atomic E-state index is 11.3. The van der Waals surface area contributed by atoms with Crippen LogP contribution in [0.4, 0.5) is 0 Å². The van der Waals surface area contributed by atoms with Crippen molar-refractivity contribution in [3.63, 3.8) is 0 Å². The highest BCUT2D eigenvalue weighted by Crippen LogP contribution is 2.70. The predicted molar refractivity (Wildman–Crippen MR) is 148 cm³/mol. The fraction of sp³-hybridized carbons (Fsp3) is 0.938. The van der Waals surface area contributed by atoms with Crippen LogP contribution in [0.5, 0.6) is 0 Å². The van der Waals surface area contributed by atoms with Crippen molar-refractivity contribution in [3.05, 3.63) is 11.1 Å². The molecule has 0 aliphatic heterocycles. The number of hydrogen-bond acceptors (Lipinski definition) is 3. The molecule has 3 nitrogen and oxygen atoms in total. The monoisotopic (exact) mass is 490 g/mol. The van der Waals surface area contributed by atoms with Crippen LogP contribution in [0.1, 0.15) is 126 Å². The van der Waals surface area contributed by atoms with Crippen molar-refractivity contribution < 1.29 is 14.6 Å². The van der Waals surface area contributed by atoms with Crippen LogP contribution in [-0.4, -0.2) is 37.1 Å². The van der Waals surface area contributed by atoms with Gasteiger partial charge < -0.3 is 14.6 Å². The second-order valence-electron chi connectivity index (χ2n) is 13.9. The number of allylic oxidation sites excluding steroid dienone is 2. The van der Waals surface area contributed by atoms with Gasteiger partial charge in [-0.2, -0.15) is 0 Å². The van der Waals surface area contributed by atoms with Crippen molar-refractivity contribution in [3.8, 4) is 0 Å². The van der Waals surface area contributed by atoms with Crippen LogP contribution in [0.3, 0.4) is 0 Å². The van der Waals surface area contributed by atoms with Gasteiger partial charge in [0.2, 0.25) is 0 Å². The minimum Gasteiger partial charge on any atom is -0.393 e. The van der Waals surface area contributed by atoms with Crippen LogP contribution in [0.15, 0.2) is 11.1 Å². The molecule has 3 rings (SSSR count). The van der Waals surface area contributed by atoms with E-state index in [1.165, 1.54) is 51.4 Å². The lowest BCUT2D eigenvalue weighted by atomic mass is 9.47. The normalized spacial score (nSPS) is 38.1. The molecule has 3 heteroatoms. The van der Waals surface area contributed by atoms with E-state index in [1.54, 1.807) is 7.11 Å². The quantitative estimate of drug-likeness (QED) is 0.296. The summed E-state index contributed by atoms with van der Waals surface area (Å²) in [5.74, 6) is 1.66. The first-order valence-corrected chi connectivity index (χ1v) is 14.8. The highest BCUT2D eigenvalue weighted by atomic mass is 16.5. The summed E-state index contributed by atoms with van der Waals surface area (Å²) in [6.07, 6.45) is 13.1. The Morgan fingerprint density at radius 3 is 2.31 bits per heavy atom. The molecule has 0 amide bonds. The number of hydrogen-bond donors (Lipinski definition) is 1. The molecule has 8 atom stereocenters. The number of rotatable bonds is 11. The van der Waals surface area contributed by atoms with Crippen LogP contribution in [0.2, 0.25) is 0 Å². The summed E-state index contributed by atoms with van der Waals surface area (Å²) in [6.45, 7) is 19.1. The second kappa shape index (κ2) is 10.8. The van der Waals surface area contributed by atoms with Gasteiger partial charge in [-0.05, 0) is 118 Å². The second-order valence-corrected chi connectivity index (χ2v) is 13.9. The number of aliphatic hydroxyl groups is 1. The van der Waals surface area contributed by atoms with Gasteiger partial charge in [-0.3, -0.25) is 0 Å². The van der Waals surface area contributed by atoms with Crippen molar-refractivity contribution in [2.45, 2.75) is 144 Å². The van der Waals surface area contributed by atoms with E-state index in [2.05, 4.69) is 55.4 Å². The fourth-order valence-electron chi connectivity index (χ4n) is 8.64. The van der Waals surface area contributed by atoms with Gasteiger partial charge >= 0.3 is 0 Å². The van der Waals surface area contributed by atoms with Gasteiger partial charge in [-0.1, -0.05) is 52.7 Å². The molecule has 0 aromatic heterocycles. The van der Waals surface area contributed by atoms with Crippen molar-refractivity contribution >= 4 is 0 Å². The molecule has 1 N–H and O–H groups in total. The van der Waals surface area contributed by atoms with Crippen LogP contribution in [0, 0.1) is 34.0 Å². The molecule has 0 spiro atoms. The molecule has 1 fully saturated rings. The summed E-state index contributed by atoms with van der Waals surface area (Å²) in [5, 5.41) is 11.3. The molecule has 204 valence electrons. The fourth-order valence-corrected chi connectivity index (χ4v) is 8.64. The first kappa shape index (κ1) is 29.2. The van der Waals surface area contributed by atoms with Gasteiger partial charge in [0.15, 0.2) is 0 Å². The summed E-state index contributed by atoms with van der Waals surface area (Å²) in [5.41, 5.74) is 4.34. The van der Waals surface area contributed by atoms with Gasteiger partial charge in [0.25, 0.3) is 0 Å². The Hall–Kier alpha value is -0.380. The zero-order valence-corrected chi connectivity index (χ0v) is 24.9. The Balaban J connectivity index is 1.85. The van der Waals surface area contributed by atoms with E-state index in [-0.39, 0.29) is 22.5 Å². The highest BCUT2D eigenvalue weighted by Gasteiger charge is 2.61. The predicted octanol–water partition coefficient (Wildman–Crippen LogP) is 8.34. The number of methoxy groups -OCH3 is 2. The molecular weight excluding hydrogens is 432 g/mol. The van der Waals surface area contributed by atoms with Crippen molar-refractivity contribution in [1.82, 2.24) is 0 Å². The van der Waals surface area contributed by atoms with Gasteiger partial charge in [0, 0.05) is 14.2 Å². The maximum absolute atomic E-state index is 11.3. The summed E-state index contributed by atoms with van der Waals surface area (Å²) >= 11 is 0. The molecule has 3 unspecified atom stereocenters. The maximum Gasteiger partial charge on any atom is 0.0623 e. The van der Waals surface area contributed by atoms with E-state index in [1.807, 2.05) is 18.3 Å². The molecule has 35 heavy (non-hydrogen) atoms. The van der Waals surface area contributed by atoms with Crippen LogP contribution >= 0.6 is 0 Å². The molecule has 0 aromatic carbocycles. The van der Waals surface area contributed by atoms with Gasteiger partial charge in [0.1, 0.15) is 0 Å². The van der Waals surface area contributed by atoms with E-state index < -0.39 is 0 Å². The lowest BCUT2D eigenvalue weighted by molar-refractivity contribution is -0.0311. The smallest absolute Gasteiger partial charge is 0.0623 e. The molecule has 1 saturated carbocycles. The summed E-state index contributed by atoms with van der Waals surface area (Å²) in [4.78, 5) is 0. The lowest BCUT2D eigenvalue weighted by Gasteiger charge is -2.57. The van der Waals surface area contributed by atoms with Gasteiger partial charge in [0.05, 0.1) is 17.8 Å².